The van der Waals surface area contributed by atoms with E-state index in [4.69, 9.17) is 4.74 Å². The molecular formula is C27H25N5O5. The minimum absolute atomic E-state index is 0.0707. The lowest BCUT2D eigenvalue weighted by molar-refractivity contribution is -0.145. The van der Waals surface area contributed by atoms with Crippen molar-refractivity contribution in [2.45, 2.75) is 12.5 Å². The molecule has 2 amide bonds. The van der Waals surface area contributed by atoms with Crippen LogP contribution in [0.3, 0.4) is 0 Å². The first-order chi connectivity index (χ1) is 18.0. The smallest absolute Gasteiger partial charge is 0.313 e. The van der Waals surface area contributed by atoms with Crippen molar-refractivity contribution in [2.75, 3.05) is 14.2 Å². The zero-order chi connectivity index (χ0) is 26.2. The van der Waals surface area contributed by atoms with Gasteiger partial charge in [0.15, 0.2) is 5.82 Å². The van der Waals surface area contributed by atoms with Gasteiger partial charge in [0.2, 0.25) is 5.78 Å². The number of benzene rings is 2. The summed E-state index contributed by atoms with van der Waals surface area (Å²) >= 11 is 0. The first-order valence-electron chi connectivity index (χ1n) is 11.4. The zero-order valence-corrected chi connectivity index (χ0v) is 20.3. The third-order valence-electron chi connectivity index (χ3n) is 5.55. The maximum Gasteiger partial charge on any atom is 0.313 e. The van der Waals surface area contributed by atoms with Gasteiger partial charge >= 0.3 is 5.91 Å². The van der Waals surface area contributed by atoms with Gasteiger partial charge in [-0.25, -0.2) is 15.1 Å². The van der Waals surface area contributed by atoms with Crippen molar-refractivity contribution in [3.63, 3.8) is 0 Å². The highest BCUT2D eigenvalue weighted by molar-refractivity contribution is 6.38. The van der Waals surface area contributed by atoms with Crippen LogP contribution in [0, 0.1) is 0 Å². The molecule has 0 aliphatic carbocycles. The van der Waals surface area contributed by atoms with Crippen LogP contribution in [0.1, 0.15) is 15.9 Å². The highest BCUT2D eigenvalue weighted by atomic mass is 16.6. The molecule has 0 fully saturated rings. The number of carbonyl (C=O) groups is 3. The number of ketones is 1. The predicted molar refractivity (Wildman–Crippen MR) is 135 cm³/mol. The molecule has 0 radical (unpaired) electrons. The highest BCUT2D eigenvalue weighted by Crippen LogP contribution is 2.19. The Hall–Kier alpha value is -4.83. The summed E-state index contributed by atoms with van der Waals surface area (Å²) in [6, 6.07) is 20.4. The van der Waals surface area contributed by atoms with Crippen LogP contribution in [0.4, 0.5) is 0 Å². The molecule has 37 heavy (non-hydrogen) atoms. The van der Waals surface area contributed by atoms with Crippen molar-refractivity contribution in [3.8, 4) is 22.8 Å². The van der Waals surface area contributed by atoms with Crippen molar-refractivity contribution in [2.24, 2.45) is 0 Å². The Balaban J connectivity index is 1.60. The Morgan fingerprint density at radius 2 is 1.70 bits per heavy atom. The van der Waals surface area contributed by atoms with Crippen molar-refractivity contribution in [1.29, 1.82) is 0 Å². The molecule has 0 bridgehead atoms. The fourth-order valence-electron chi connectivity index (χ4n) is 3.71. The van der Waals surface area contributed by atoms with Crippen LogP contribution in [-0.2, 0) is 20.8 Å². The molecule has 10 heteroatoms. The molecule has 0 saturated carbocycles. The van der Waals surface area contributed by atoms with Crippen LogP contribution < -0.4 is 15.5 Å². The minimum atomic E-state index is -1.17. The average Bonchev–Trinajstić information content (AvgIpc) is 3.43. The number of amides is 2. The van der Waals surface area contributed by atoms with E-state index in [1.54, 1.807) is 55.9 Å². The number of hydroxylamine groups is 1. The minimum Gasteiger partial charge on any atom is -0.497 e. The fraction of sp³-hybridized carbons (Fsp3) is 0.148. The quantitative estimate of drug-likeness (QED) is 0.254. The monoisotopic (exact) mass is 499 g/mol. The van der Waals surface area contributed by atoms with E-state index < -0.39 is 23.6 Å². The summed E-state index contributed by atoms with van der Waals surface area (Å²) in [5, 5.41) is 7.24. The van der Waals surface area contributed by atoms with Gasteiger partial charge in [-0.15, -0.1) is 0 Å². The zero-order valence-electron chi connectivity index (χ0n) is 20.3. The van der Waals surface area contributed by atoms with Crippen LogP contribution in [0.15, 0.2) is 85.2 Å². The van der Waals surface area contributed by atoms with Crippen molar-refractivity contribution in [1.82, 2.24) is 25.6 Å². The summed E-state index contributed by atoms with van der Waals surface area (Å²) in [5.74, 6) is -1.51. The number of carbonyl (C=O) groups excluding carboxylic acids is 3. The van der Waals surface area contributed by atoms with Gasteiger partial charge in [0.25, 0.3) is 5.91 Å². The Morgan fingerprint density at radius 3 is 2.41 bits per heavy atom. The van der Waals surface area contributed by atoms with Crippen molar-refractivity contribution >= 4 is 17.6 Å². The molecule has 10 nitrogen and oxygen atoms in total. The summed E-state index contributed by atoms with van der Waals surface area (Å²) in [6.45, 7) is 0. The van der Waals surface area contributed by atoms with Gasteiger partial charge in [-0.1, -0.05) is 42.5 Å². The second kappa shape index (κ2) is 11.7. The lowest BCUT2D eigenvalue weighted by Crippen LogP contribution is -2.48. The summed E-state index contributed by atoms with van der Waals surface area (Å²) in [7, 11) is 2.77. The molecule has 0 unspecified atom stereocenters. The molecule has 2 aromatic carbocycles. The second-order valence-corrected chi connectivity index (χ2v) is 7.96. The van der Waals surface area contributed by atoms with Crippen LogP contribution in [0.5, 0.6) is 5.75 Å². The van der Waals surface area contributed by atoms with Crippen molar-refractivity contribution < 1.29 is 24.0 Å². The summed E-state index contributed by atoms with van der Waals surface area (Å²) in [5.41, 5.74) is 4.54. The first kappa shape index (κ1) is 25.3. The van der Waals surface area contributed by atoms with Gasteiger partial charge in [0, 0.05) is 24.4 Å². The maximum atomic E-state index is 13.4. The lowest BCUT2D eigenvalue weighted by Gasteiger charge is -2.18. The Bertz CT molecular complexity index is 1390. The summed E-state index contributed by atoms with van der Waals surface area (Å²) in [4.78, 5) is 47.4. The topological polar surface area (TPSA) is 124 Å². The summed E-state index contributed by atoms with van der Waals surface area (Å²) in [6.07, 6.45) is 3.32. The van der Waals surface area contributed by atoms with Gasteiger partial charge in [-0.2, -0.15) is 5.10 Å². The maximum absolute atomic E-state index is 13.4. The van der Waals surface area contributed by atoms with E-state index in [1.165, 1.54) is 11.8 Å². The van der Waals surface area contributed by atoms with Crippen LogP contribution in [-0.4, -0.2) is 52.6 Å². The van der Waals surface area contributed by atoms with E-state index in [0.717, 1.165) is 11.1 Å². The van der Waals surface area contributed by atoms with E-state index in [1.807, 2.05) is 41.9 Å². The van der Waals surface area contributed by atoms with Gasteiger partial charge in [0.05, 0.1) is 25.5 Å². The molecular weight excluding hydrogens is 474 g/mol. The number of nitrogens with one attached hydrogen (secondary N) is 2. The molecule has 2 heterocycles. The predicted octanol–water partition coefficient (Wildman–Crippen LogP) is 2.53. The number of rotatable bonds is 10. The number of Topliss-reactive ketones (excluding diaryl/α,β-unsaturated/α-hetero) is 1. The Morgan fingerprint density at radius 1 is 0.946 bits per heavy atom. The number of pyridine rings is 1. The standard InChI is InChI=1S/C27H25N5O5/c1-36-20-12-10-18(11-13-20)17-23(24(33)27(35)31-37-2)29-26(34)21-9-6-15-28-25(21)32-16-14-22(30-32)19-7-4-3-5-8-19/h3-16,23H,17H2,1-2H3,(H,29,34)(H,31,35)/t23-/m0/s1. The molecule has 4 aromatic rings. The molecule has 0 aliphatic rings. The van der Waals surface area contributed by atoms with Crippen LogP contribution in [0.25, 0.3) is 17.1 Å². The van der Waals surface area contributed by atoms with Gasteiger partial charge in [-0.05, 0) is 35.9 Å². The van der Waals surface area contributed by atoms with E-state index in [9.17, 15) is 14.4 Å². The normalized spacial score (nSPS) is 11.4. The van der Waals surface area contributed by atoms with Crippen LogP contribution >= 0.6 is 0 Å². The molecule has 188 valence electrons. The molecule has 1 atom stereocenters. The number of aromatic nitrogens is 3. The number of nitrogens with zero attached hydrogens (tertiary/aromatic N) is 3. The Kier molecular flexibility index (Phi) is 8.01. The lowest BCUT2D eigenvalue weighted by atomic mass is 10.0. The van der Waals surface area contributed by atoms with E-state index in [-0.39, 0.29) is 17.8 Å². The third-order valence-corrected chi connectivity index (χ3v) is 5.55. The number of hydrogen-bond acceptors (Lipinski definition) is 7. The van der Waals surface area contributed by atoms with Gasteiger partial charge in [-0.3, -0.25) is 19.2 Å². The summed E-state index contributed by atoms with van der Waals surface area (Å²) < 4.78 is 6.66. The average molecular weight is 500 g/mol. The largest absolute Gasteiger partial charge is 0.497 e. The number of ether oxygens (including phenoxy) is 1. The molecule has 4 rings (SSSR count). The molecule has 0 saturated heterocycles. The van der Waals surface area contributed by atoms with Crippen molar-refractivity contribution in [3.05, 3.63) is 96.3 Å². The van der Waals surface area contributed by atoms with Crippen LogP contribution in [0.2, 0.25) is 0 Å². The second-order valence-electron chi connectivity index (χ2n) is 7.96. The van der Waals surface area contributed by atoms with E-state index in [2.05, 4.69) is 20.2 Å². The van der Waals surface area contributed by atoms with Gasteiger partial charge < -0.3 is 10.1 Å². The van der Waals surface area contributed by atoms with E-state index >= 15 is 0 Å². The molecule has 2 N–H and O–H groups in total. The fourth-order valence-corrected chi connectivity index (χ4v) is 3.71. The number of methoxy groups -OCH3 is 1. The van der Waals surface area contributed by atoms with Gasteiger partial charge in [0.1, 0.15) is 11.8 Å². The SMILES string of the molecule is CONC(=O)C(=O)[C@H](Cc1ccc(OC)cc1)NC(=O)c1cccnc1-n1ccc(-c2ccccc2)n1. The Labute approximate surface area is 213 Å². The number of hydrogen-bond donors (Lipinski definition) is 2. The van der Waals surface area contributed by atoms with E-state index in [0.29, 0.717) is 11.4 Å². The molecule has 0 aliphatic heterocycles. The third kappa shape index (κ3) is 6.06. The molecule has 0 spiro atoms. The first-order valence-corrected chi connectivity index (χ1v) is 11.4. The highest BCUT2D eigenvalue weighted by Gasteiger charge is 2.29. The molecule has 2 aromatic heterocycles.